The maximum atomic E-state index is 11.5. The number of ether oxygens (including phenoxy) is 1. The van der Waals surface area contributed by atoms with E-state index in [1.165, 1.54) is 0 Å². The normalized spacial score (nSPS) is 23.8. The van der Waals surface area contributed by atoms with E-state index in [4.69, 9.17) is 4.74 Å². The Hall–Kier alpha value is -1.43. The highest BCUT2D eigenvalue weighted by atomic mass is 16.5. The van der Waals surface area contributed by atoms with Gasteiger partial charge in [-0.05, 0) is 12.8 Å². The number of aromatic nitrogens is 3. The van der Waals surface area contributed by atoms with Crippen LogP contribution in [0.4, 0.5) is 0 Å². The lowest BCUT2D eigenvalue weighted by Crippen LogP contribution is -2.38. The molecule has 0 saturated carbocycles. The van der Waals surface area contributed by atoms with Crippen LogP contribution in [0.15, 0.2) is 0 Å². The van der Waals surface area contributed by atoms with Gasteiger partial charge in [-0.1, -0.05) is 0 Å². The number of rotatable bonds is 1. The van der Waals surface area contributed by atoms with E-state index >= 15 is 0 Å². The predicted octanol–water partition coefficient (Wildman–Crippen LogP) is 0.577. The molecule has 0 aliphatic carbocycles. The summed E-state index contributed by atoms with van der Waals surface area (Å²) in [5.74, 6) is 2.53. The summed E-state index contributed by atoms with van der Waals surface area (Å²) in [6, 6.07) is 0. The van der Waals surface area contributed by atoms with Crippen molar-refractivity contribution in [1.29, 1.82) is 0 Å². The van der Waals surface area contributed by atoms with Crippen molar-refractivity contribution in [3.8, 4) is 0 Å². The van der Waals surface area contributed by atoms with Crippen molar-refractivity contribution in [3.63, 3.8) is 0 Å². The van der Waals surface area contributed by atoms with E-state index in [1.54, 1.807) is 6.92 Å². The quantitative estimate of drug-likeness (QED) is 0.744. The Morgan fingerprint density at radius 3 is 3.05 bits per heavy atom. The number of carbonyl (C=O) groups excluding carboxylic acids is 1. The lowest BCUT2D eigenvalue weighted by molar-refractivity contribution is -0.130. The van der Waals surface area contributed by atoms with E-state index < -0.39 is 0 Å². The smallest absolute Gasteiger partial charge is 0.219 e. The van der Waals surface area contributed by atoms with Crippen LogP contribution in [0, 0.1) is 0 Å². The van der Waals surface area contributed by atoms with Gasteiger partial charge in [0.05, 0.1) is 13.2 Å². The Bertz CT molecular complexity index is 471. The van der Waals surface area contributed by atoms with Crippen LogP contribution in [0.5, 0.6) is 0 Å². The Labute approximate surface area is 112 Å². The molecule has 1 aromatic heterocycles. The van der Waals surface area contributed by atoms with Crippen LogP contribution in [0.3, 0.4) is 0 Å². The topological polar surface area (TPSA) is 60.2 Å². The molecule has 6 heteroatoms. The molecule has 0 bridgehead atoms. The molecule has 0 N–H and O–H groups in total. The second kappa shape index (κ2) is 5.28. The van der Waals surface area contributed by atoms with E-state index in [2.05, 4.69) is 14.8 Å². The molecule has 0 aromatic carbocycles. The van der Waals surface area contributed by atoms with Crippen molar-refractivity contribution < 1.29 is 9.53 Å². The number of fused-ring (bicyclic) bond motifs is 1. The lowest BCUT2D eigenvalue weighted by Gasteiger charge is -2.31. The summed E-state index contributed by atoms with van der Waals surface area (Å²) in [6.45, 7) is 5.56. The van der Waals surface area contributed by atoms with Crippen LogP contribution < -0.4 is 0 Å². The molecule has 1 aromatic rings. The first kappa shape index (κ1) is 12.6. The fourth-order valence-electron chi connectivity index (χ4n) is 2.97. The average molecular weight is 264 g/mol. The molecule has 104 valence electrons. The summed E-state index contributed by atoms with van der Waals surface area (Å²) in [5.41, 5.74) is 0. The average Bonchev–Trinajstić information content (AvgIpc) is 2.68. The zero-order valence-corrected chi connectivity index (χ0v) is 11.3. The standard InChI is InChI=1S/C13H20N4O2/c1-10(18)16-5-2-3-11(9-16)13-15-14-12-4-7-19-8-6-17(12)13/h11H,2-9H2,1H3. The molecule has 2 aliphatic heterocycles. The highest BCUT2D eigenvalue weighted by Gasteiger charge is 2.28. The van der Waals surface area contributed by atoms with Gasteiger partial charge in [0.25, 0.3) is 0 Å². The summed E-state index contributed by atoms with van der Waals surface area (Å²) in [6.07, 6.45) is 2.96. The van der Waals surface area contributed by atoms with Crippen molar-refractivity contribution in [3.05, 3.63) is 11.6 Å². The third-order valence-electron chi connectivity index (χ3n) is 4.02. The molecular weight excluding hydrogens is 244 g/mol. The number of likely N-dealkylation sites (tertiary alicyclic amines) is 1. The summed E-state index contributed by atoms with van der Waals surface area (Å²) in [7, 11) is 0. The molecule has 19 heavy (non-hydrogen) atoms. The SMILES string of the molecule is CC(=O)N1CCCC(c2nnc3n2CCOCC3)C1. The van der Waals surface area contributed by atoms with E-state index in [0.717, 1.165) is 63.8 Å². The second-order valence-electron chi connectivity index (χ2n) is 5.29. The zero-order chi connectivity index (χ0) is 13.2. The first-order chi connectivity index (χ1) is 9.25. The molecule has 6 nitrogen and oxygen atoms in total. The fourth-order valence-corrected chi connectivity index (χ4v) is 2.97. The Balaban J connectivity index is 1.82. The van der Waals surface area contributed by atoms with Gasteiger partial charge in [0, 0.05) is 38.9 Å². The van der Waals surface area contributed by atoms with Crippen molar-refractivity contribution in [2.45, 2.75) is 38.6 Å². The van der Waals surface area contributed by atoms with Crippen LogP contribution in [0.25, 0.3) is 0 Å². The van der Waals surface area contributed by atoms with Crippen LogP contribution in [-0.2, 0) is 22.5 Å². The molecular formula is C13H20N4O2. The van der Waals surface area contributed by atoms with Gasteiger partial charge < -0.3 is 14.2 Å². The summed E-state index contributed by atoms with van der Waals surface area (Å²) in [5, 5.41) is 8.67. The number of carbonyl (C=O) groups is 1. The van der Waals surface area contributed by atoms with Crippen molar-refractivity contribution in [1.82, 2.24) is 19.7 Å². The summed E-state index contributed by atoms with van der Waals surface area (Å²) < 4.78 is 7.68. The van der Waals surface area contributed by atoms with Crippen LogP contribution >= 0.6 is 0 Å². The third-order valence-corrected chi connectivity index (χ3v) is 4.02. The molecule has 0 spiro atoms. The molecule has 1 atom stereocenters. The number of hydrogen-bond acceptors (Lipinski definition) is 4. The molecule has 2 aliphatic rings. The number of hydrogen-bond donors (Lipinski definition) is 0. The molecule has 1 fully saturated rings. The number of nitrogens with zero attached hydrogens (tertiary/aromatic N) is 4. The van der Waals surface area contributed by atoms with Crippen molar-refractivity contribution in [2.75, 3.05) is 26.3 Å². The van der Waals surface area contributed by atoms with E-state index in [1.807, 2.05) is 4.90 Å². The molecule has 1 amide bonds. The lowest BCUT2D eigenvalue weighted by atomic mass is 9.97. The van der Waals surface area contributed by atoms with Gasteiger partial charge in [-0.2, -0.15) is 0 Å². The van der Waals surface area contributed by atoms with Crippen LogP contribution in [-0.4, -0.2) is 51.9 Å². The summed E-state index contributed by atoms with van der Waals surface area (Å²) >= 11 is 0. The van der Waals surface area contributed by atoms with Gasteiger partial charge in [-0.15, -0.1) is 10.2 Å². The minimum absolute atomic E-state index is 0.156. The Morgan fingerprint density at radius 1 is 1.32 bits per heavy atom. The van der Waals surface area contributed by atoms with Crippen molar-refractivity contribution in [2.24, 2.45) is 0 Å². The van der Waals surface area contributed by atoms with E-state index in [-0.39, 0.29) is 5.91 Å². The number of piperidine rings is 1. The number of amides is 1. The minimum Gasteiger partial charge on any atom is -0.379 e. The maximum absolute atomic E-state index is 11.5. The molecule has 1 saturated heterocycles. The first-order valence-electron chi connectivity index (χ1n) is 7.01. The van der Waals surface area contributed by atoms with Gasteiger partial charge in [-0.25, -0.2) is 0 Å². The zero-order valence-electron chi connectivity index (χ0n) is 11.3. The summed E-state index contributed by atoms with van der Waals surface area (Å²) in [4.78, 5) is 13.4. The molecule has 0 radical (unpaired) electrons. The second-order valence-corrected chi connectivity index (χ2v) is 5.29. The van der Waals surface area contributed by atoms with Gasteiger partial charge in [-0.3, -0.25) is 4.79 Å². The predicted molar refractivity (Wildman–Crippen MR) is 68.8 cm³/mol. The van der Waals surface area contributed by atoms with Gasteiger partial charge >= 0.3 is 0 Å². The van der Waals surface area contributed by atoms with Crippen LogP contribution in [0.2, 0.25) is 0 Å². The van der Waals surface area contributed by atoms with Crippen LogP contribution in [0.1, 0.15) is 37.3 Å². The van der Waals surface area contributed by atoms with Gasteiger partial charge in [0.1, 0.15) is 11.6 Å². The van der Waals surface area contributed by atoms with Crippen molar-refractivity contribution >= 4 is 5.91 Å². The van der Waals surface area contributed by atoms with Gasteiger partial charge in [0.2, 0.25) is 5.91 Å². The monoisotopic (exact) mass is 264 g/mol. The highest BCUT2D eigenvalue weighted by Crippen LogP contribution is 2.26. The Morgan fingerprint density at radius 2 is 2.21 bits per heavy atom. The molecule has 3 rings (SSSR count). The van der Waals surface area contributed by atoms with E-state index in [0.29, 0.717) is 5.92 Å². The van der Waals surface area contributed by atoms with E-state index in [9.17, 15) is 4.79 Å². The van der Waals surface area contributed by atoms with Gasteiger partial charge in [0.15, 0.2) is 0 Å². The minimum atomic E-state index is 0.156. The first-order valence-corrected chi connectivity index (χ1v) is 7.01. The largest absolute Gasteiger partial charge is 0.379 e. The fraction of sp³-hybridized carbons (Fsp3) is 0.769. The third kappa shape index (κ3) is 2.49. The molecule has 1 unspecified atom stereocenters. The Kier molecular flexibility index (Phi) is 3.50. The highest BCUT2D eigenvalue weighted by molar-refractivity contribution is 5.73. The molecule has 3 heterocycles. The maximum Gasteiger partial charge on any atom is 0.219 e.